The van der Waals surface area contributed by atoms with Gasteiger partial charge in [0.25, 0.3) is 5.91 Å². The van der Waals surface area contributed by atoms with Crippen molar-refractivity contribution in [2.45, 2.75) is 44.6 Å². The Labute approximate surface area is 186 Å². The zero-order valence-corrected chi connectivity index (χ0v) is 18.5. The number of aliphatic hydroxyl groups is 1. The highest BCUT2D eigenvalue weighted by molar-refractivity contribution is 6.00. The van der Waals surface area contributed by atoms with Gasteiger partial charge in [0.05, 0.1) is 37.1 Å². The summed E-state index contributed by atoms with van der Waals surface area (Å²) < 4.78 is 19.8. The molecule has 1 atom stereocenters. The van der Waals surface area contributed by atoms with Crippen LogP contribution in [0.4, 0.5) is 4.39 Å². The number of nitrogens with zero attached hydrogens (tertiary/aromatic N) is 3. The van der Waals surface area contributed by atoms with Crippen LogP contribution < -0.4 is 0 Å². The standard InChI is InChI=1S/C24H29FN4O3/c1-24(2,31)22(25)12-29-11-16-9-20(21-3-6-26-27-21)18(10-19(16)23(29)30)15-4-7-28(8-5-15)17-13-32-14-17/h3-4,6,9-10,17,22,31H,5,7-8,11-14H2,1-2H3,(H,26,27). The molecule has 0 radical (unpaired) electrons. The van der Waals surface area contributed by atoms with E-state index in [4.69, 9.17) is 4.74 Å². The van der Waals surface area contributed by atoms with Gasteiger partial charge >= 0.3 is 0 Å². The molecule has 5 rings (SSSR count). The predicted molar refractivity (Wildman–Crippen MR) is 119 cm³/mol. The van der Waals surface area contributed by atoms with E-state index in [0.29, 0.717) is 18.2 Å². The van der Waals surface area contributed by atoms with E-state index in [2.05, 4.69) is 21.2 Å². The fourth-order valence-electron chi connectivity index (χ4n) is 4.58. The van der Waals surface area contributed by atoms with E-state index in [1.54, 1.807) is 6.20 Å². The molecule has 0 saturated carbocycles. The lowest BCUT2D eigenvalue weighted by molar-refractivity contribution is -0.0612. The zero-order chi connectivity index (χ0) is 22.5. The number of rotatable bonds is 6. The lowest BCUT2D eigenvalue weighted by Crippen LogP contribution is -2.50. The van der Waals surface area contributed by atoms with Crippen LogP contribution in [-0.4, -0.2) is 81.7 Å². The molecule has 8 heteroatoms. The molecular weight excluding hydrogens is 411 g/mol. The van der Waals surface area contributed by atoms with Crippen LogP contribution in [0.1, 0.15) is 41.8 Å². The first-order valence-electron chi connectivity index (χ1n) is 11.1. The third-order valence-corrected chi connectivity index (χ3v) is 6.78. The van der Waals surface area contributed by atoms with Crippen LogP contribution in [0, 0.1) is 0 Å². The fourth-order valence-corrected chi connectivity index (χ4v) is 4.58. The molecule has 1 saturated heterocycles. The molecule has 4 heterocycles. The summed E-state index contributed by atoms with van der Waals surface area (Å²) in [6.45, 7) is 6.46. The highest BCUT2D eigenvalue weighted by Crippen LogP contribution is 2.37. The molecule has 32 heavy (non-hydrogen) atoms. The van der Waals surface area contributed by atoms with Crippen molar-refractivity contribution >= 4 is 11.5 Å². The molecule has 7 nitrogen and oxygen atoms in total. The van der Waals surface area contributed by atoms with Gasteiger partial charge in [0.1, 0.15) is 6.17 Å². The second kappa shape index (κ2) is 8.10. The van der Waals surface area contributed by atoms with Crippen LogP contribution in [-0.2, 0) is 11.3 Å². The van der Waals surface area contributed by atoms with Crippen molar-refractivity contribution in [1.29, 1.82) is 0 Å². The van der Waals surface area contributed by atoms with Gasteiger partial charge in [-0.2, -0.15) is 5.10 Å². The van der Waals surface area contributed by atoms with Gasteiger partial charge in [-0.05, 0) is 55.2 Å². The van der Waals surface area contributed by atoms with E-state index in [1.165, 1.54) is 24.3 Å². The number of alkyl halides is 1. The predicted octanol–water partition coefficient (Wildman–Crippen LogP) is 2.63. The average Bonchev–Trinajstić information content (AvgIpc) is 3.35. The van der Waals surface area contributed by atoms with Gasteiger partial charge in [0.15, 0.2) is 0 Å². The van der Waals surface area contributed by atoms with Crippen LogP contribution in [0.15, 0.2) is 30.5 Å². The van der Waals surface area contributed by atoms with Crippen molar-refractivity contribution in [2.24, 2.45) is 0 Å². The quantitative estimate of drug-likeness (QED) is 0.722. The minimum Gasteiger partial charge on any atom is -0.387 e. The Morgan fingerprint density at radius 3 is 2.72 bits per heavy atom. The minimum atomic E-state index is -1.52. The number of fused-ring (bicyclic) bond motifs is 1. The molecule has 0 spiro atoms. The topological polar surface area (TPSA) is 81.7 Å². The first-order valence-corrected chi connectivity index (χ1v) is 11.1. The Balaban J connectivity index is 1.46. The smallest absolute Gasteiger partial charge is 0.254 e. The molecule has 0 bridgehead atoms. The summed E-state index contributed by atoms with van der Waals surface area (Å²) >= 11 is 0. The third-order valence-electron chi connectivity index (χ3n) is 6.78. The summed E-state index contributed by atoms with van der Waals surface area (Å²) in [6, 6.07) is 6.41. The van der Waals surface area contributed by atoms with E-state index in [-0.39, 0.29) is 12.5 Å². The molecule has 170 valence electrons. The van der Waals surface area contributed by atoms with Gasteiger partial charge in [0, 0.05) is 37.0 Å². The van der Waals surface area contributed by atoms with Crippen molar-refractivity contribution in [3.8, 4) is 11.3 Å². The molecule has 1 aromatic heterocycles. The number of H-pyrrole nitrogens is 1. The Morgan fingerprint density at radius 2 is 2.12 bits per heavy atom. The van der Waals surface area contributed by atoms with Crippen molar-refractivity contribution < 1.29 is 19.0 Å². The maximum atomic E-state index is 14.5. The van der Waals surface area contributed by atoms with Gasteiger partial charge < -0.3 is 14.7 Å². The molecule has 1 amide bonds. The highest BCUT2D eigenvalue weighted by Gasteiger charge is 2.36. The number of hydrogen-bond acceptors (Lipinski definition) is 5. The largest absolute Gasteiger partial charge is 0.387 e. The maximum Gasteiger partial charge on any atom is 0.254 e. The zero-order valence-electron chi connectivity index (χ0n) is 18.5. The summed E-state index contributed by atoms with van der Waals surface area (Å²) in [5, 5.41) is 17.1. The average molecular weight is 441 g/mol. The van der Waals surface area contributed by atoms with Gasteiger partial charge in [-0.25, -0.2) is 4.39 Å². The summed E-state index contributed by atoms with van der Waals surface area (Å²) in [5.41, 5.74) is 4.11. The van der Waals surface area contributed by atoms with E-state index < -0.39 is 11.8 Å². The molecule has 2 aromatic rings. The maximum absolute atomic E-state index is 14.5. The Kier molecular flexibility index (Phi) is 5.39. The van der Waals surface area contributed by atoms with Crippen LogP contribution >= 0.6 is 0 Å². The van der Waals surface area contributed by atoms with Gasteiger partial charge in [-0.1, -0.05) is 6.08 Å². The number of nitrogens with one attached hydrogen (secondary N) is 1. The normalized spacial score (nSPS) is 20.8. The second-order valence-corrected chi connectivity index (χ2v) is 9.50. The first-order chi connectivity index (χ1) is 15.3. The molecule has 3 aliphatic rings. The van der Waals surface area contributed by atoms with E-state index in [1.807, 2.05) is 18.2 Å². The lowest BCUT2D eigenvalue weighted by Gasteiger charge is -2.39. The molecule has 0 aliphatic carbocycles. The van der Waals surface area contributed by atoms with E-state index in [0.717, 1.165) is 55.1 Å². The Hall–Kier alpha value is -2.55. The number of carbonyl (C=O) groups excluding carboxylic acids is 1. The summed E-state index contributed by atoms with van der Waals surface area (Å²) in [6.07, 6.45) is 3.33. The van der Waals surface area contributed by atoms with Crippen molar-refractivity contribution in [1.82, 2.24) is 20.0 Å². The van der Waals surface area contributed by atoms with Crippen LogP contribution in [0.5, 0.6) is 0 Å². The van der Waals surface area contributed by atoms with Crippen LogP contribution in [0.2, 0.25) is 0 Å². The highest BCUT2D eigenvalue weighted by atomic mass is 19.1. The number of carbonyl (C=O) groups is 1. The van der Waals surface area contributed by atoms with E-state index in [9.17, 15) is 14.3 Å². The number of ether oxygens (including phenoxy) is 1. The number of halogens is 1. The number of benzene rings is 1. The van der Waals surface area contributed by atoms with Gasteiger partial charge in [-0.15, -0.1) is 0 Å². The number of hydrogen-bond donors (Lipinski definition) is 2. The first kappa shape index (κ1) is 21.3. The summed E-state index contributed by atoms with van der Waals surface area (Å²) in [4.78, 5) is 17.0. The number of aromatic nitrogens is 2. The SMILES string of the molecule is CC(C)(O)C(F)CN1Cc2cc(-c3ccn[nH]3)c(C3=CCN(C4COC4)CC3)cc2C1=O. The molecule has 2 N–H and O–H groups in total. The van der Waals surface area contributed by atoms with E-state index >= 15 is 0 Å². The molecule has 3 aliphatic heterocycles. The van der Waals surface area contributed by atoms with Crippen LogP contribution in [0.3, 0.4) is 0 Å². The van der Waals surface area contributed by atoms with Crippen molar-refractivity contribution in [2.75, 3.05) is 32.8 Å². The van der Waals surface area contributed by atoms with Crippen molar-refractivity contribution in [3.63, 3.8) is 0 Å². The Morgan fingerprint density at radius 1 is 1.31 bits per heavy atom. The van der Waals surface area contributed by atoms with Gasteiger partial charge in [0.2, 0.25) is 0 Å². The Bertz CT molecular complexity index is 1040. The molecule has 1 aromatic carbocycles. The summed E-state index contributed by atoms with van der Waals surface area (Å²) in [5.74, 6) is -0.186. The van der Waals surface area contributed by atoms with Crippen LogP contribution in [0.25, 0.3) is 16.8 Å². The monoisotopic (exact) mass is 440 g/mol. The molecule has 1 fully saturated rings. The number of amides is 1. The molecule has 1 unspecified atom stereocenters. The van der Waals surface area contributed by atoms with Crippen molar-refractivity contribution in [3.05, 3.63) is 47.2 Å². The molecular formula is C24H29FN4O3. The number of aromatic amines is 1. The summed E-state index contributed by atoms with van der Waals surface area (Å²) in [7, 11) is 0. The lowest BCUT2D eigenvalue weighted by atomic mass is 9.89. The second-order valence-electron chi connectivity index (χ2n) is 9.50. The fraction of sp³-hybridized carbons (Fsp3) is 0.500. The van der Waals surface area contributed by atoms with Gasteiger partial charge in [-0.3, -0.25) is 14.8 Å². The third kappa shape index (κ3) is 3.87. The minimum absolute atomic E-state index is 0.132.